The van der Waals surface area contributed by atoms with Gasteiger partial charge in [-0.05, 0) is 12.1 Å². The van der Waals surface area contributed by atoms with E-state index in [0.29, 0.717) is 4.96 Å². The van der Waals surface area contributed by atoms with E-state index in [9.17, 15) is 9.90 Å². The predicted molar refractivity (Wildman–Crippen MR) is 62.5 cm³/mol. The van der Waals surface area contributed by atoms with Gasteiger partial charge >= 0.3 is 10.5 Å². The monoisotopic (exact) mass is 244 g/mol. The molecule has 0 saturated heterocycles. The van der Waals surface area contributed by atoms with Crippen LogP contribution >= 0.6 is 11.3 Å². The number of thiazole rings is 1. The van der Waals surface area contributed by atoms with Gasteiger partial charge in [0.25, 0.3) is 0 Å². The third-order valence-electron chi connectivity index (χ3n) is 2.50. The maximum absolute atomic E-state index is 11.9. The van der Waals surface area contributed by atoms with Crippen LogP contribution in [-0.2, 0) is 0 Å². The van der Waals surface area contributed by atoms with E-state index in [1.165, 1.54) is 20.3 Å². The zero-order valence-electron chi connectivity index (χ0n) is 8.74. The fourth-order valence-corrected chi connectivity index (χ4v) is 2.62. The van der Waals surface area contributed by atoms with Gasteiger partial charge in [-0.15, -0.1) is 4.57 Å². The van der Waals surface area contributed by atoms with Crippen molar-refractivity contribution in [2.24, 2.45) is 0 Å². The molecule has 4 nitrogen and oxygen atoms in total. The number of fused-ring (bicyclic) bond motifs is 1. The third-order valence-corrected chi connectivity index (χ3v) is 3.35. The van der Waals surface area contributed by atoms with Gasteiger partial charge in [0.05, 0.1) is 11.9 Å². The Balaban J connectivity index is 2.45. The molecule has 5 heteroatoms. The number of aromatic nitrogens is 2. The molecule has 2 aromatic heterocycles. The molecule has 0 atom stereocenters. The van der Waals surface area contributed by atoms with Crippen LogP contribution in [-0.4, -0.2) is 4.57 Å². The van der Waals surface area contributed by atoms with Crippen molar-refractivity contribution in [2.45, 2.75) is 0 Å². The number of hydrogen-bond donors (Lipinski definition) is 0. The van der Waals surface area contributed by atoms with Gasteiger partial charge < -0.3 is 5.11 Å². The lowest BCUT2D eigenvalue weighted by Crippen LogP contribution is -2.33. The van der Waals surface area contributed by atoms with Gasteiger partial charge in [-0.3, -0.25) is 0 Å². The summed E-state index contributed by atoms with van der Waals surface area (Å²) in [5.41, 5.74) is 0.459. The molecule has 0 aliphatic heterocycles. The highest BCUT2D eigenvalue weighted by molar-refractivity contribution is 7.14. The van der Waals surface area contributed by atoms with E-state index in [0.717, 1.165) is 11.8 Å². The van der Waals surface area contributed by atoms with Gasteiger partial charge in [-0.1, -0.05) is 29.5 Å². The Labute approximate surface area is 101 Å². The zero-order chi connectivity index (χ0) is 11.8. The van der Waals surface area contributed by atoms with Crippen LogP contribution in [0.5, 0.6) is 5.88 Å². The molecule has 0 N–H and O–H groups in total. The fraction of sp³-hybridized carbons (Fsp3) is 0. The van der Waals surface area contributed by atoms with Crippen LogP contribution in [0.4, 0.5) is 0 Å². The Morgan fingerprint density at radius 2 is 2.00 bits per heavy atom. The summed E-state index contributed by atoms with van der Waals surface area (Å²) in [6.45, 7) is 0. The molecule has 84 valence electrons. The van der Waals surface area contributed by atoms with Gasteiger partial charge in [0.1, 0.15) is 11.9 Å². The molecule has 3 aromatic rings. The minimum Gasteiger partial charge on any atom is -0.842 e. The van der Waals surface area contributed by atoms with Crippen molar-refractivity contribution >= 4 is 16.3 Å². The van der Waals surface area contributed by atoms with Gasteiger partial charge in [-0.25, -0.2) is 9.20 Å². The second kappa shape index (κ2) is 3.71. The average Bonchev–Trinajstić information content (AvgIpc) is 2.79. The first-order valence-electron chi connectivity index (χ1n) is 5.05. The summed E-state index contributed by atoms with van der Waals surface area (Å²) >= 11 is 1.36. The number of benzene rings is 1. The largest absolute Gasteiger partial charge is 0.842 e. The molecule has 1 aromatic carbocycles. The molecule has 0 aliphatic carbocycles. The molecule has 17 heavy (non-hydrogen) atoms. The van der Waals surface area contributed by atoms with Crippen molar-refractivity contribution in [1.29, 1.82) is 0 Å². The quantitative estimate of drug-likeness (QED) is 0.592. The molecular weight excluding hydrogens is 236 g/mol. The van der Waals surface area contributed by atoms with Crippen LogP contribution < -0.4 is 15.1 Å². The average molecular weight is 244 g/mol. The zero-order valence-corrected chi connectivity index (χ0v) is 9.55. The van der Waals surface area contributed by atoms with Gasteiger partial charge in [0.2, 0.25) is 0 Å². The van der Waals surface area contributed by atoms with Gasteiger partial charge in [0, 0.05) is 5.38 Å². The summed E-state index contributed by atoms with van der Waals surface area (Å²) in [4.78, 5) is 12.5. The number of rotatable bonds is 1. The van der Waals surface area contributed by atoms with E-state index < -0.39 is 0 Å². The van der Waals surface area contributed by atoms with E-state index in [2.05, 4.69) is 0 Å². The summed E-state index contributed by atoms with van der Waals surface area (Å²) in [7, 11) is 0. The minimum atomic E-state index is -0.302. The van der Waals surface area contributed by atoms with Crippen molar-refractivity contribution in [3.8, 4) is 11.6 Å². The second-order valence-electron chi connectivity index (χ2n) is 3.55. The van der Waals surface area contributed by atoms with Crippen molar-refractivity contribution in [3.63, 3.8) is 0 Å². The topological polar surface area (TPSA) is 49.2 Å². The highest BCUT2D eigenvalue weighted by Crippen LogP contribution is 2.12. The highest BCUT2D eigenvalue weighted by Gasteiger charge is 2.15. The van der Waals surface area contributed by atoms with Crippen LogP contribution in [0.1, 0.15) is 0 Å². The first kappa shape index (κ1) is 10.0. The molecule has 2 heterocycles. The molecule has 0 bridgehead atoms. The van der Waals surface area contributed by atoms with Gasteiger partial charge in [-0.2, -0.15) is 0 Å². The maximum atomic E-state index is 11.9. The number of nitrogens with zero attached hydrogens (tertiary/aromatic N) is 2. The third kappa shape index (κ3) is 1.52. The molecule has 0 unspecified atom stereocenters. The summed E-state index contributed by atoms with van der Waals surface area (Å²) in [5, 5.41) is 13.4. The first-order chi connectivity index (χ1) is 8.27. The smallest absolute Gasteiger partial charge is 0.353 e. The summed E-state index contributed by atoms with van der Waals surface area (Å²) in [5.74, 6) is -0.293. The molecule has 0 aliphatic rings. The molecule has 3 rings (SSSR count). The summed E-state index contributed by atoms with van der Waals surface area (Å²) < 4.78 is 3.01. The summed E-state index contributed by atoms with van der Waals surface area (Å²) in [6, 6.07) is 10.4. The van der Waals surface area contributed by atoms with E-state index in [1.807, 2.05) is 30.3 Å². The minimum absolute atomic E-state index is 0.293. The normalized spacial score (nSPS) is 10.8. The Morgan fingerprint density at radius 1 is 1.24 bits per heavy atom. The summed E-state index contributed by atoms with van der Waals surface area (Å²) in [6.07, 6.45) is 1.67. The Hall–Kier alpha value is -2.14. The van der Waals surface area contributed by atoms with Crippen LogP contribution in [0.15, 0.2) is 52.8 Å². The van der Waals surface area contributed by atoms with Crippen LogP contribution in [0.25, 0.3) is 10.6 Å². The molecule has 0 saturated carbocycles. The van der Waals surface area contributed by atoms with E-state index in [4.69, 9.17) is 0 Å². The fourth-order valence-electron chi connectivity index (χ4n) is 1.75. The molecular formula is C12H8N2O2S. The van der Waals surface area contributed by atoms with Crippen LogP contribution in [0.3, 0.4) is 0 Å². The lowest BCUT2D eigenvalue weighted by molar-refractivity contribution is -0.584. The van der Waals surface area contributed by atoms with Crippen molar-refractivity contribution in [3.05, 3.63) is 58.3 Å². The Bertz CT molecular complexity index is 731. The molecule has 0 fully saturated rings. The predicted octanol–water partition coefficient (Wildman–Crippen LogP) is 0.711. The van der Waals surface area contributed by atoms with Gasteiger partial charge in [0.15, 0.2) is 0 Å². The standard InChI is InChI=1S/C12H8N2O2S/c15-10-8-11(16)14(9-4-2-1-3-5-9)12-13(10)6-7-17-12/h1-8H. The van der Waals surface area contributed by atoms with E-state index in [1.54, 1.807) is 11.6 Å². The van der Waals surface area contributed by atoms with Crippen LogP contribution in [0, 0.1) is 0 Å². The Morgan fingerprint density at radius 3 is 2.76 bits per heavy atom. The number of para-hydroxylation sites is 1. The van der Waals surface area contributed by atoms with E-state index >= 15 is 0 Å². The molecule has 0 amide bonds. The van der Waals surface area contributed by atoms with Crippen molar-refractivity contribution in [1.82, 2.24) is 4.57 Å². The van der Waals surface area contributed by atoms with E-state index in [-0.39, 0.29) is 11.4 Å². The SMILES string of the molecule is O=c1cc([O-])[n+]2ccsc2n1-c1ccccc1. The second-order valence-corrected chi connectivity index (χ2v) is 4.42. The van der Waals surface area contributed by atoms with Crippen molar-refractivity contribution in [2.75, 3.05) is 0 Å². The van der Waals surface area contributed by atoms with Crippen molar-refractivity contribution < 1.29 is 9.51 Å². The van der Waals surface area contributed by atoms with Crippen LogP contribution in [0.2, 0.25) is 0 Å². The number of hydrogen-bond acceptors (Lipinski definition) is 3. The first-order valence-corrected chi connectivity index (χ1v) is 5.93. The lowest BCUT2D eigenvalue weighted by atomic mass is 10.3. The highest BCUT2D eigenvalue weighted by atomic mass is 32.1. The molecule has 0 spiro atoms. The lowest BCUT2D eigenvalue weighted by Gasteiger charge is -2.05. The molecule has 0 radical (unpaired) electrons. The Kier molecular flexibility index (Phi) is 2.19. The maximum Gasteiger partial charge on any atom is 0.353 e.